The molecule has 0 aliphatic heterocycles. The summed E-state index contributed by atoms with van der Waals surface area (Å²) in [7, 11) is 0. The van der Waals surface area contributed by atoms with Gasteiger partial charge < -0.3 is 9.73 Å². The minimum absolute atomic E-state index is 0.126. The standard InChI is InChI=1S/C21H19N3O3S2/c1-13-5-6-16(14(2)10-13)22-18(25)12-29-21-23-17-7-9-28-19(17)20(26)24(21)11-15-4-3-8-27-15/h3-10H,11-12H2,1-2H3,(H,22,25). The van der Waals surface area contributed by atoms with Crippen LogP contribution in [-0.4, -0.2) is 21.2 Å². The number of amides is 1. The number of fused-ring (bicyclic) bond motifs is 1. The molecule has 0 unspecified atom stereocenters. The largest absolute Gasteiger partial charge is 0.467 e. The first-order valence-electron chi connectivity index (χ1n) is 9.01. The van der Waals surface area contributed by atoms with Gasteiger partial charge in [-0.15, -0.1) is 11.3 Å². The molecule has 0 aliphatic carbocycles. The zero-order valence-corrected chi connectivity index (χ0v) is 17.6. The summed E-state index contributed by atoms with van der Waals surface area (Å²) in [5, 5.41) is 5.27. The van der Waals surface area contributed by atoms with E-state index in [1.807, 2.05) is 49.6 Å². The van der Waals surface area contributed by atoms with Gasteiger partial charge in [-0.25, -0.2) is 4.98 Å². The quantitative estimate of drug-likeness (QED) is 0.365. The van der Waals surface area contributed by atoms with Gasteiger partial charge in [-0.3, -0.25) is 14.2 Å². The van der Waals surface area contributed by atoms with Gasteiger partial charge in [0.05, 0.1) is 24.1 Å². The number of hydrogen-bond acceptors (Lipinski definition) is 6. The molecule has 0 fully saturated rings. The van der Waals surface area contributed by atoms with Crippen LogP contribution in [0.25, 0.3) is 10.2 Å². The molecule has 0 atom stereocenters. The van der Waals surface area contributed by atoms with Crippen LogP contribution < -0.4 is 10.9 Å². The normalized spacial score (nSPS) is 11.1. The highest BCUT2D eigenvalue weighted by atomic mass is 32.2. The van der Waals surface area contributed by atoms with Crippen LogP contribution in [0.4, 0.5) is 5.69 Å². The van der Waals surface area contributed by atoms with Gasteiger partial charge in [0.1, 0.15) is 10.5 Å². The second-order valence-electron chi connectivity index (χ2n) is 6.66. The van der Waals surface area contributed by atoms with Crippen molar-refractivity contribution in [2.45, 2.75) is 25.5 Å². The molecule has 1 amide bonds. The monoisotopic (exact) mass is 425 g/mol. The molecule has 0 bridgehead atoms. The van der Waals surface area contributed by atoms with Gasteiger partial charge in [0.2, 0.25) is 5.91 Å². The summed E-state index contributed by atoms with van der Waals surface area (Å²) in [5.74, 6) is 0.658. The van der Waals surface area contributed by atoms with Crippen LogP contribution in [0.5, 0.6) is 0 Å². The van der Waals surface area contributed by atoms with E-state index in [0.717, 1.165) is 16.8 Å². The van der Waals surface area contributed by atoms with E-state index < -0.39 is 0 Å². The fourth-order valence-electron chi connectivity index (χ4n) is 3.00. The predicted molar refractivity (Wildman–Crippen MR) is 117 cm³/mol. The number of carbonyl (C=O) groups excluding carboxylic acids is 1. The number of anilines is 1. The Morgan fingerprint density at radius 3 is 2.90 bits per heavy atom. The molecule has 8 heteroatoms. The zero-order valence-electron chi connectivity index (χ0n) is 16.0. The lowest BCUT2D eigenvalue weighted by molar-refractivity contribution is -0.113. The van der Waals surface area contributed by atoms with Crippen LogP contribution in [0.1, 0.15) is 16.9 Å². The van der Waals surface area contributed by atoms with Gasteiger partial charge in [-0.05, 0) is 49.1 Å². The summed E-state index contributed by atoms with van der Waals surface area (Å²) >= 11 is 2.60. The van der Waals surface area contributed by atoms with E-state index >= 15 is 0 Å². The Labute approximate surface area is 175 Å². The van der Waals surface area contributed by atoms with E-state index in [1.165, 1.54) is 23.1 Å². The molecule has 3 aromatic heterocycles. The third-order valence-corrected chi connectivity index (χ3v) is 6.28. The van der Waals surface area contributed by atoms with Gasteiger partial charge >= 0.3 is 0 Å². The van der Waals surface area contributed by atoms with E-state index in [-0.39, 0.29) is 23.8 Å². The Morgan fingerprint density at radius 1 is 1.28 bits per heavy atom. The van der Waals surface area contributed by atoms with Crippen LogP contribution in [0.3, 0.4) is 0 Å². The number of aryl methyl sites for hydroxylation is 2. The van der Waals surface area contributed by atoms with Crippen molar-refractivity contribution in [3.8, 4) is 0 Å². The van der Waals surface area contributed by atoms with Crippen molar-refractivity contribution < 1.29 is 9.21 Å². The van der Waals surface area contributed by atoms with Gasteiger partial charge in [0, 0.05) is 5.69 Å². The van der Waals surface area contributed by atoms with Crippen LogP contribution in [0.15, 0.2) is 62.4 Å². The first kappa shape index (κ1) is 19.5. The first-order valence-corrected chi connectivity index (χ1v) is 10.9. The Morgan fingerprint density at radius 2 is 2.14 bits per heavy atom. The molecule has 4 aromatic rings. The number of thiophene rings is 1. The number of nitrogens with zero attached hydrogens (tertiary/aromatic N) is 2. The van der Waals surface area contributed by atoms with E-state index in [2.05, 4.69) is 10.3 Å². The van der Waals surface area contributed by atoms with E-state index in [4.69, 9.17) is 4.42 Å². The number of benzene rings is 1. The minimum atomic E-state index is -0.147. The summed E-state index contributed by atoms with van der Waals surface area (Å²) < 4.78 is 7.56. The third-order valence-electron chi connectivity index (χ3n) is 4.41. The summed E-state index contributed by atoms with van der Waals surface area (Å²) in [6, 6.07) is 11.3. The van der Waals surface area contributed by atoms with E-state index in [9.17, 15) is 9.59 Å². The number of furan rings is 1. The lowest BCUT2D eigenvalue weighted by Crippen LogP contribution is -2.24. The zero-order chi connectivity index (χ0) is 20.4. The van der Waals surface area contributed by atoms with Crippen molar-refractivity contribution in [1.29, 1.82) is 0 Å². The van der Waals surface area contributed by atoms with Crippen molar-refractivity contribution in [3.05, 3.63) is 75.3 Å². The van der Waals surface area contributed by atoms with Gasteiger partial charge in [0.25, 0.3) is 5.56 Å². The van der Waals surface area contributed by atoms with Gasteiger partial charge in [-0.2, -0.15) is 0 Å². The fraction of sp³-hybridized carbons (Fsp3) is 0.190. The van der Waals surface area contributed by atoms with Crippen molar-refractivity contribution in [2.75, 3.05) is 11.1 Å². The van der Waals surface area contributed by atoms with Crippen LogP contribution >= 0.6 is 23.1 Å². The average Bonchev–Trinajstić information content (AvgIpc) is 3.36. The number of carbonyl (C=O) groups is 1. The molecule has 0 spiro atoms. The molecule has 1 N–H and O–H groups in total. The summed E-state index contributed by atoms with van der Waals surface area (Å²) in [4.78, 5) is 30.0. The maximum atomic E-state index is 12.9. The lowest BCUT2D eigenvalue weighted by Gasteiger charge is -2.12. The summed E-state index contributed by atoms with van der Waals surface area (Å²) in [5.41, 5.74) is 3.46. The molecule has 0 radical (unpaired) electrons. The molecule has 0 saturated heterocycles. The highest BCUT2D eigenvalue weighted by molar-refractivity contribution is 7.99. The number of rotatable bonds is 6. The molecule has 0 aliphatic rings. The van der Waals surface area contributed by atoms with Crippen molar-refractivity contribution in [3.63, 3.8) is 0 Å². The number of aromatic nitrogens is 2. The van der Waals surface area contributed by atoms with E-state index in [1.54, 1.807) is 16.9 Å². The highest BCUT2D eigenvalue weighted by Gasteiger charge is 2.16. The number of nitrogens with one attached hydrogen (secondary N) is 1. The molecule has 0 saturated carbocycles. The Bertz CT molecular complexity index is 1230. The van der Waals surface area contributed by atoms with Crippen molar-refractivity contribution in [2.24, 2.45) is 0 Å². The van der Waals surface area contributed by atoms with Crippen LogP contribution in [-0.2, 0) is 11.3 Å². The smallest absolute Gasteiger partial charge is 0.272 e. The Hall–Kier alpha value is -2.84. The number of thioether (sulfide) groups is 1. The van der Waals surface area contributed by atoms with Gasteiger partial charge in [0.15, 0.2) is 5.16 Å². The second kappa shape index (κ2) is 8.26. The molecule has 6 nitrogen and oxygen atoms in total. The van der Waals surface area contributed by atoms with E-state index in [0.29, 0.717) is 21.1 Å². The molecule has 3 heterocycles. The van der Waals surface area contributed by atoms with Crippen molar-refractivity contribution in [1.82, 2.24) is 9.55 Å². The SMILES string of the molecule is Cc1ccc(NC(=O)CSc2nc3ccsc3c(=O)n2Cc2ccco2)c(C)c1. The number of hydrogen-bond donors (Lipinski definition) is 1. The molecule has 1 aromatic carbocycles. The van der Waals surface area contributed by atoms with Crippen LogP contribution in [0, 0.1) is 13.8 Å². The van der Waals surface area contributed by atoms with Crippen molar-refractivity contribution >= 4 is 44.9 Å². The lowest BCUT2D eigenvalue weighted by atomic mass is 10.1. The predicted octanol–water partition coefficient (Wildman–Crippen LogP) is 4.45. The molecule has 29 heavy (non-hydrogen) atoms. The summed E-state index contributed by atoms with van der Waals surface area (Å²) in [6.07, 6.45) is 1.57. The van der Waals surface area contributed by atoms with Gasteiger partial charge in [-0.1, -0.05) is 29.5 Å². The Kier molecular flexibility index (Phi) is 5.55. The summed E-state index contributed by atoms with van der Waals surface area (Å²) in [6.45, 7) is 4.25. The van der Waals surface area contributed by atoms with Crippen LogP contribution in [0.2, 0.25) is 0 Å². The first-order chi connectivity index (χ1) is 14.0. The minimum Gasteiger partial charge on any atom is -0.467 e. The molecular formula is C21H19N3O3S2. The highest BCUT2D eigenvalue weighted by Crippen LogP contribution is 2.23. The Balaban J connectivity index is 1.56. The molecular weight excluding hydrogens is 406 g/mol. The maximum absolute atomic E-state index is 12.9. The average molecular weight is 426 g/mol. The third kappa shape index (κ3) is 4.28. The molecule has 4 rings (SSSR count). The second-order valence-corrected chi connectivity index (χ2v) is 8.51. The molecule has 148 valence electrons. The topological polar surface area (TPSA) is 77.1 Å². The fourth-order valence-corrected chi connectivity index (χ4v) is 4.58. The maximum Gasteiger partial charge on any atom is 0.272 e.